The Hall–Kier alpha value is -1.95. The van der Waals surface area contributed by atoms with E-state index < -0.39 is 4.92 Å². The molecular formula is C13H17N3O3. The van der Waals surface area contributed by atoms with E-state index in [4.69, 9.17) is 0 Å². The van der Waals surface area contributed by atoms with Crippen molar-refractivity contribution in [1.29, 1.82) is 0 Å². The van der Waals surface area contributed by atoms with E-state index in [1.54, 1.807) is 17.9 Å². The molecular weight excluding hydrogens is 246 g/mol. The van der Waals surface area contributed by atoms with E-state index in [9.17, 15) is 14.9 Å². The van der Waals surface area contributed by atoms with Gasteiger partial charge in [0.15, 0.2) is 0 Å². The van der Waals surface area contributed by atoms with Crippen molar-refractivity contribution in [2.45, 2.75) is 19.9 Å². The van der Waals surface area contributed by atoms with Gasteiger partial charge in [-0.1, -0.05) is 6.07 Å². The predicted octanol–water partition coefficient (Wildman–Crippen LogP) is 1.34. The average Bonchev–Trinajstić information content (AvgIpc) is 2.38. The summed E-state index contributed by atoms with van der Waals surface area (Å²) in [7, 11) is 0. The Kier molecular flexibility index (Phi) is 3.80. The Bertz CT molecular complexity index is 516. The Labute approximate surface area is 111 Å². The molecule has 6 heteroatoms. The molecule has 1 aliphatic rings. The third-order valence-electron chi connectivity index (χ3n) is 3.42. The van der Waals surface area contributed by atoms with Gasteiger partial charge in [0, 0.05) is 43.4 Å². The van der Waals surface area contributed by atoms with Gasteiger partial charge in [0.25, 0.3) is 11.6 Å². The molecule has 1 atom stereocenters. The summed E-state index contributed by atoms with van der Waals surface area (Å²) < 4.78 is 0. The largest absolute Gasteiger partial charge is 0.333 e. The van der Waals surface area contributed by atoms with Crippen LogP contribution < -0.4 is 5.32 Å². The minimum absolute atomic E-state index is 0.0447. The van der Waals surface area contributed by atoms with Gasteiger partial charge in [-0.3, -0.25) is 14.9 Å². The summed E-state index contributed by atoms with van der Waals surface area (Å²) in [5.74, 6) is -0.129. The lowest BCUT2D eigenvalue weighted by Gasteiger charge is -2.34. The molecule has 0 bridgehead atoms. The van der Waals surface area contributed by atoms with Crippen molar-refractivity contribution in [1.82, 2.24) is 10.2 Å². The lowest BCUT2D eigenvalue weighted by Crippen LogP contribution is -2.52. The van der Waals surface area contributed by atoms with Crippen molar-refractivity contribution in [3.63, 3.8) is 0 Å². The first-order chi connectivity index (χ1) is 9.00. The second-order valence-electron chi connectivity index (χ2n) is 4.81. The Balaban J connectivity index is 2.32. The second-order valence-corrected chi connectivity index (χ2v) is 4.81. The zero-order valence-corrected chi connectivity index (χ0v) is 11.0. The Morgan fingerprint density at radius 3 is 2.89 bits per heavy atom. The molecule has 1 aromatic carbocycles. The molecule has 1 N–H and O–H groups in total. The highest BCUT2D eigenvalue weighted by Crippen LogP contribution is 2.20. The third-order valence-corrected chi connectivity index (χ3v) is 3.42. The van der Waals surface area contributed by atoms with Crippen LogP contribution in [0.25, 0.3) is 0 Å². The van der Waals surface area contributed by atoms with Gasteiger partial charge >= 0.3 is 0 Å². The number of nitro groups is 1. The molecule has 1 fully saturated rings. The number of non-ortho nitro benzene ring substituents is 1. The monoisotopic (exact) mass is 263 g/mol. The second kappa shape index (κ2) is 5.36. The highest BCUT2D eigenvalue weighted by molar-refractivity contribution is 5.96. The van der Waals surface area contributed by atoms with Crippen LogP contribution in [-0.4, -0.2) is 41.4 Å². The van der Waals surface area contributed by atoms with Crippen molar-refractivity contribution >= 4 is 11.6 Å². The summed E-state index contributed by atoms with van der Waals surface area (Å²) in [5.41, 5.74) is 1.14. The summed E-state index contributed by atoms with van der Waals surface area (Å²) in [4.78, 5) is 24.6. The van der Waals surface area contributed by atoms with Crippen LogP contribution in [0.1, 0.15) is 22.8 Å². The molecule has 0 spiro atoms. The van der Waals surface area contributed by atoms with Crippen LogP contribution in [0.15, 0.2) is 18.2 Å². The lowest BCUT2D eigenvalue weighted by atomic mass is 10.0. The third kappa shape index (κ3) is 2.73. The molecule has 1 saturated heterocycles. The van der Waals surface area contributed by atoms with Crippen LogP contribution in [0, 0.1) is 17.0 Å². The molecule has 1 aliphatic heterocycles. The van der Waals surface area contributed by atoms with Gasteiger partial charge in [0.1, 0.15) is 0 Å². The molecule has 1 aromatic rings. The van der Waals surface area contributed by atoms with Crippen LogP contribution in [0.2, 0.25) is 0 Å². The van der Waals surface area contributed by atoms with Gasteiger partial charge in [-0.25, -0.2) is 0 Å². The Morgan fingerprint density at radius 2 is 2.26 bits per heavy atom. The molecule has 2 rings (SSSR count). The fraction of sp³-hybridized carbons (Fsp3) is 0.462. The number of nitrogens with one attached hydrogen (secondary N) is 1. The quantitative estimate of drug-likeness (QED) is 0.645. The Morgan fingerprint density at radius 1 is 1.53 bits per heavy atom. The lowest BCUT2D eigenvalue weighted by molar-refractivity contribution is -0.384. The summed E-state index contributed by atoms with van der Waals surface area (Å²) in [6.45, 7) is 5.90. The van der Waals surface area contributed by atoms with Gasteiger partial charge in [0.2, 0.25) is 0 Å². The summed E-state index contributed by atoms with van der Waals surface area (Å²) >= 11 is 0. The van der Waals surface area contributed by atoms with Crippen molar-refractivity contribution in [3.8, 4) is 0 Å². The molecule has 0 aromatic heterocycles. The number of amides is 1. The number of rotatable bonds is 2. The molecule has 0 radical (unpaired) electrons. The number of carbonyl (C=O) groups is 1. The number of hydrogen-bond acceptors (Lipinski definition) is 4. The van der Waals surface area contributed by atoms with Crippen molar-refractivity contribution in [2.75, 3.05) is 19.6 Å². The maximum atomic E-state index is 12.5. The SMILES string of the molecule is Cc1ccc([N+](=O)[O-])cc1C(=O)N1CCNC[C@H]1C. The number of piperazine rings is 1. The van der Waals surface area contributed by atoms with E-state index in [1.807, 2.05) is 6.92 Å². The van der Waals surface area contributed by atoms with Crippen LogP contribution >= 0.6 is 0 Å². The maximum Gasteiger partial charge on any atom is 0.270 e. The minimum atomic E-state index is -0.475. The number of aryl methyl sites for hydroxylation is 1. The van der Waals surface area contributed by atoms with Crippen LogP contribution in [0.5, 0.6) is 0 Å². The van der Waals surface area contributed by atoms with Gasteiger partial charge in [0.05, 0.1) is 4.92 Å². The van der Waals surface area contributed by atoms with E-state index in [-0.39, 0.29) is 17.6 Å². The first-order valence-corrected chi connectivity index (χ1v) is 6.27. The molecule has 0 aliphatic carbocycles. The number of nitrogens with zero attached hydrogens (tertiary/aromatic N) is 2. The number of benzene rings is 1. The van der Waals surface area contributed by atoms with Crippen molar-refractivity contribution in [2.24, 2.45) is 0 Å². The van der Waals surface area contributed by atoms with E-state index >= 15 is 0 Å². The smallest absolute Gasteiger partial charge is 0.270 e. The molecule has 1 amide bonds. The predicted molar refractivity (Wildman–Crippen MR) is 71.2 cm³/mol. The van der Waals surface area contributed by atoms with E-state index in [0.717, 1.165) is 18.7 Å². The van der Waals surface area contributed by atoms with Crippen molar-refractivity contribution < 1.29 is 9.72 Å². The highest BCUT2D eigenvalue weighted by atomic mass is 16.6. The van der Waals surface area contributed by atoms with E-state index in [2.05, 4.69) is 5.32 Å². The van der Waals surface area contributed by atoms with Gasteiger partial charge in [-0.05, 0) is 19.4 Å². The number of hydrogen-bond donors (Lipinski definition) is 1. The fourth-order valence-electron chi connectivity index (χ4n) is 2.25. The zero-order valence-electron chi connectivity index (χ0n) is 11.0. The molecule has 0 unspecified atom stereocenters. The topological polar surface area (TPSA) is 75.5 Å². The van der Waals surface area contributed by atoms with Gasteiger partial charge in [-0.2, -0.15) is 0 Å². The van der Waals surface area contributed by atoms with E-state index in [0.29, 0.717) is 12.1 Å². The molecule has 102 valence electrons. The van der Waals surface area contributed by atoms with Gasteiger partial charge < -0.3 is 10.2 Å². The number of carbonyl (C=O) groups excluding carboxylic acids is 1. The van der Waals surface area contributed by atoms with E-state index in [1.165, 1.54) is 12.1 Å². The molecule has 19 heavy (non-hydrogen) atoms. The average molecular weight is 263 g/mol. The normalized spacial score (nSPS) is 19.3. The number of nitro benzene ring substituents is 1. The molecule has 0 saturated carbocycles. The fourth-order valence-corrected chi connectivity index (χ4v) is 2.25. The highest BCUT2D eigenvalue weighted by Gasteiger charge is 2.26. The molecule has 6 nitrogen and oxygen atoms in total. The summed E-state index contributed by atoms with van der Waals surface area (Å²) in [6, 6.07) is 4.51. The maximum absolute atomic E-state index is 12.5. The van der Waals surface area contributed by atoms with Crippen molar-refractivity contribution in [3.05, 3.63) is 39.4 Å². The van der Waals surface area contributed by atoms with Crippen LogP contribution in [0.4, 0.5) is 5.69 Å². The summed E-state index contributed by atoms with van der Waals surface area (Å²) in [6.07, 6.45) is 0. The minimum Gasteiger partial charge on any atom is -0.333 e. The summed E-state index contributed by atoms with van der Waals surface area (Å²) in [5, 5.41) is 14.0. The van der Waals surface area contributed by atoms with Gasteiger partial charge in [-0.15, -0.1) is 0 Å². The standard InChI is InChI=1S/C13H17N3O3/c1-9-3-4-11(16(18)19)7-12(9)13(17)15-6-5-14-8-10(15)2/h3-4,7,10,14H,5-6,8H2,1-2H3/t10-/m1/s1. The van der Waals surface area contributed by atoms with Crippen LogP contribution in [0.3, 0.4) is 0 Å². The zero-order chi connectivity index (χ0) is 14.0. The first-order valence-electron chi connectivity index (χ1n) is 6.27. The first kappa shape index (κ1) is 13.5. The van der Waals surface area contributed by atoms with Crippen LogP contribution in [-0.2, 0) is 0 Å². The molecule has 1 heterocycles.